The minimum absolute atomic E-state index is 0.0297. The maximum atomic E-state index is 7.05. The van der Waals surface area contributed by atoms with Crippen molar-refractivity contribution in [2.75, 3.05) is 26.4 Å². The first-order valence-electron chi connectivity index (χ1n) is 10.3. The van der Waals surface area contributed by atoms with Crippen LogP contribution in [-0.2, 0) is 14.2 Å². The second kappa shape index (κ2) is 8.56. The van der Waals surface area contributed by atoms with E-state index in [1.165, 1.54) is 0 Å². The van der Waals surface area contributed by atoms with Gasteiger partial charge in [0.15, 0.2) is 0 Å². The third-order valence-electron chi connectivity index (χ3n) is 6.70. The minimum atomic E-state index is -0.0804. The molecule has 0 aliphatic carbocycles. The van der Waals surface area contributed by atoms with Crippen LogP contribution in [0.5, 0.6) is 0 Å². The van der Waals surface area contributed by atoms with Crippen molar-refractivity contribution in [1.82, 2.24) is 0 Å². The molecule has 0 aromatic heterocycles. The summed E-state index contributed by atoms with van der Waals surface area (Å²) < 4.78 is 18.4. The predicted molar refractivity (Wildman–Crippen MR) is 117 cm³/mol. The van der Waals surface area contributed by atoms with Crippen LogP contribution in [0.1, 0.15) is 50.0 Å². The molecule has 2 aliphatic rings. The van der Waals surface area contributed by atoms with Gasteiger partial charge in [0.1, 0.15) is 0 Å². The fraction of sp³-hybridized carbons (Fsp3) is 0.500. The van der Waals surface area contributed by atoms with Crippen LogP contribution in [0, 0.1) is 10.8 Å². The van der Waals surface area contributed by atoms with Gasteiger partial charge >= 0.3 is 0 Å². The summed E-state index contributed by atoms with van der Waals surface area (Å²) in [5.41, 5.74) is 2.23. The molecule has 0 radical (unpaired) electrons. The van der Waals surface area contributed by atoms with Crippen molar-refractivity contribution in [2.45, 2.75) is 38.9 Å². The van der Waals surface area contributed by atoms with E-state index in [0.29, 0.717) is 26.4 Å². The quantitative estimate of drug-likeness (QED) is 0.465. The van der Waals surface area contributed by atoms with Gasteiger partial charge in [-0.05, 0) is 48.2 Å². The number of ether oxygens (including phenoxy) is 3. The average Bonchev–Trinajstić information content (AvgIpc) is 2.66. The van der Waals surface area contributed by atoms with E-state index in [-0.39, 0.29) is 23.0 Å². The van der Waals surface area contributed by atoms with Crippen molar-refractivity contribution < 1.29 is 14.2 Å². The highest BCUT2D eigenvalue weighted by Crippen LogP contribution is 2.53. The molecule has 2 atom stereocenters. The molecule has 2 aliphatic heterocycles. The van der Waals surface area contributed by atoms with Crippen LogP contribution in [-0.4, -0.2) is 26.4 Å². The van der Waals surface area contributed by atoms with Gasteiger partial charge in [0, 0.05) is 20.9 Å². The molecule has 0 bridgehead atoms. The number of rotatable bonds is 8. The van der Waals surface area contributed by atoms with E-state index in [9.17, 15) is 0 Å². The molecule has 3 nitrogen and oxygen atoms in total. The fourth-order valence-corrected chi connectivity index (χ4v) is 4.63. The Morgan fingerprint density at radius 3 is 1.31 bits per heavy atom. The Morgan fingerprint density at radius 1 is 0.724 bits per heavy atom. The summed E-state index contributed by atoms with van der Waals surface area (Å²) in [5.74, 6) is 0. The molecule has 2 heterocycles. The Morgan fingerprint density at radius 2 is 1.07 bits per heavy atom. The number of benzene rings is 2. The van der Waals surface area contributed by atoms with Gasteiger partial charge in [0.2, 0.25) is 0 Å². The normalized spacial score (nSPS) is 21.7. The average molecular weight is 435 g/mol. The van der Waals surface area contributed by atoms with Crippen molar-refractivity contribution in [3.8, 4) is 0 Å². The van der Waals surface area contributed by atoms with Gasteiger partial charge < -0.3 is 14.2 Å². The summed E-state index contributed by atoms with van der Waals surface area (Å²) in [6, 6.07) is 16.1. The lowest BCUT2D eigenvalue weighted by atomic mass is 9.72. The zero-order valence-corrected chi connectivity index (χ0v) is 18.5. The third-order valence-corrected chi connectivity index (χ3v) is 7.20. The van der Waals surface area contributed by atoms with Crippen molar-refractivity contribution in [3.63, 3.8) is 0 Å². The van der Waals surface area contributed by atoms with E-state index in [2.05, 4.69) is 38.1 Å². The van der Waals surface area contributed by atoms with Crippen LogP contribution >= 0.6 is 23.2 Å². The van der Waals surface area contributed by atoms with E-state index in [4.69, 9.17) is 37.4 Å². The Balaban J connectivity index is 1.73. The molecule has 2 saturated heterocycles. The van der Waals surface area contributed by atoms with Crippen molar-refractivity contribution >= 4 is 23.2 Å². The maximum absolute atomic E-state index is 7.05. The highest BCUT2D eigenvalue weighted by Gasteiger charge is 2.51. The summed E-state index contributed by atoms with van der Waals surface area (Å²) in [4.78, 5) is 0. The number of hydrogen-bond donors (Lipinski definition) is 0. The zero-order chi connectivity index (χ0) is 20.5. The first-order valence-corrected chi connectivity index (χ1v) is 11.1. The largest absolute Gasteiger partial charge is 0.380 e. The molecule has 0 spiro atoms. The van der Waals surface area contributed by atoms with Gasteiger partial charge in [0.05, 0.1) is 38.6 Å². The van der Waals surface area contributed by atoms with Gasteiger partial charge in [-0.1, -0.05) is 61.3 Å². The van der Waals surface area contributed by atoms with E-state index in [1.807, 2.05) is 24.3 Å². The summed E-state index contributed by atoms with van der Waals surface area (Å²) in [5, 5.41) is 1.46. The molecule has 2 aromatic carbocycles. The van der Waals surface area contributed by atoms with Crippen LogP contribution in [0.4, 0.5) is 0 Å². The van der Waals surface area contributed by atoms with Crippen molar-refractivity contribution in [1.29, 1.82) is 0 Å². The molecule has 29 heavy (non-hydrogen) atoms. The molecule has 2 aromatic rings. The fourth-order valence-electron chi connectivity index (χ4n) is 4.37. The molecule has 2 unspecified atom stereocenters. The van der Waals surface area contributed by atoms with E-state index < -0.39 is 0 Å². The third kappa shape index (κ3) is 3.96. The molecule has 156 valence electrons. The van der Waals surface area contributed by atoms with Crippen LogP contribution in [0.15, 0.2) is 48.5 Å². The van der Waals surface area contributed by atoms with Gasteiger partial charge in [0.25, 0.3) is 0 Å². The topological polar surface area (TPSA) is 27.7 Å². The monoisotopic (exact) mass is 434 g/mol. The van der Waals surface area contributed by atoms with E-state index >= 15 is 0 Å². The molecule has 0 saturated carbocycles. The molecule has 2 fully saturated rings. The predicted octanol–water partition coefficient (Wildman–Crippen LogP) is 6.65. The van der Waals surface area contributed by atoms with Crippen LogP contribution in [0.3, 0.4) is 0 Å². The first kappa shape index (κ1) is 21.1. The van der Waals surface area contributed by atoms with Gasteiger partial charge in [-0.2, -0.15) is 0 Å². The SMILES string of the molecule is CCC1(C(OC(c2ccc(Cl)cc2)C2(CC)COC2)c2ccc(Cl)cc2)COC1. The Hall–Kier alpha value is -1.10. The van der Waals surface area contributed by atoms with Gasteiger partial charge in [-0.25, -0.2) is 0 Å². The summed E-state index contributed by atoms with van der Waals surface area (Å²) in [7, 11) is 0. The Labute approximate surface area is 183 Å². The molecule has 0 amide bonds. The van der Waals surface area contributed by atoms with Crippen LogP contribution in [0.25, 0.3) is 0 Å². The second-order valence-electron chi connectivity index (χ2n) is 8.42. The highest BCUT2D eigenvalue weighted by atomic mass is 35.5. The molecule has 4 rings (SSSR count). The minimum Gasteiger partial charge on any atom is -0.380 e. The van der Waals surface area contributed by atoms with Crippen LogP contribution < -0.4 is 0 Å². The van der Waals surface area contributed by atoms with Crippen molar-refractivity contribution in [2.24, 2.45) is 10.8 Å². The summed E-state index contributed by atoms with van der Waals surface area (Å²) in [6.07, 6.45) is 1.82. The lowest BCUT2D eigenvalue weighted by molar-refractivity contribution is -0.254. The molecular formula is C24H28Cl2O3. The second-order valence-corrected chi connectivity index (χ2v) is 9.29. The number of halogens is 2. The molecule has 0 N–H and O–H groups in total. The molecular weight excluding hydrogens is 407 g/mol. The number of hydrogen-bond acceptors (Lipinski definition) is 3. The van der Waals surface area contributed by atoms with Crippen molar-refractivity contribution in [3.05, 3.63) is 69.7 Å². The Bertz CT molecular complexity index is 731. The maximum Gasteiger partial charge on any atom is 0.0933 e. The molecule has 5 heteroatoms. The van der Waals surface area contributed by atoms with Gasteiger partial charge in [-0.15, -0.1) is 0 Å². The summed E-state index contributed by atoms with van der Waals surface area (Å²) >= 11 is 12.3. The zero-order valence-electron chi connectivity index (χ0n) is 17.0. The van der Waals surface area contributed by atoms with Gasteiger partial charge in [-0.3, -0.25) is 0 Å². The Kier molecular flexibility index (Phi) is 6.24. The standard InChI is InChI=1S/C24H28Cl2O3/c1-3-23(13-27-14-23)21(17-5-9-19(25)10-6-17)29-22(24(4-2)15-28-16-24)18-7-11-20(26)12-8-18/h5-12,21-22H,3-4,13-16H2,1-2H3. The van der Waals surface area contributed by atoms with Crippen LogP contribution in [0.2, 0.25) is 10.0 Å². The lowest BCUT2D eigenvalue weighted by Crippen LogP contribution is -2.52. The van der Waals surface area contributed by atoms with E-state index in [0.717, 1.165) is 34.0 Å². The first-order chi connectivity index (χ1) is 14.0. The summed E-state index contributed by atoms with van der Waals surface area (Å²) in [6.45, 7) is 7.27. The smallest absolute Gasteiger partial charge is 0.0933 e. The lowest BCUT2D eigenvalue weighted by Gasteiger charge is -2.52. The highest BCUT2D eigenvalue weighted by molar-refractivity contribution is 6.30. The van der Waals surface area contributed by atoms with E-state index in [1.54, 1.807) is 0 Å².